The highest BCUT2D eigenvalue weighted by Crippen LogP contribution is 2.34. The van der Waals surface area contributed by atoms with Gasteiger partial charge < -0.3 is 9.84 Å². The monoisotopic (exact) mass is 552 g/mol. The van der Waals surface area contributed by atoms with E-state index in [4.69, 9.17) is 9.84 Å². The van der Waals surface area contributed by atoms with Crippen molar-refractivity contribution in [3.63, 3.8) is 0 Å². The van der Waals surface area contributed by atoms with Crippen molar-refractivity contribution in [2.75, 3.05) is 0 Å². The number of fused-ring (bicyclic) bond motifs is 1. The normalized spacial score (nSPS) is 12.3. The Balaban J connectivity index is 2.17. The molecule has 3 rings (SSSR count). The summed E-state index contributed by atoms with van der Waals surface area (Å²) in [5.74, 6) is -1.28. The summed E-state index contributed by atoms with van der Waals surface area (Å²) in [5, 5.41) is 25.1. The van der Waals surface area contributed by atoms with Crippen LogP contribution in [0.2, 0.25) is 0 Å². The zero-order valence-corrected chi connectivity index (χ0v) is 19.2. The second-order valence-electron chi connectivity index (χ2n) is 6.38. The predicted molar refractivity (Wildman–Crippen MR) is 120 cm³/mol. The third-order valence-electron chi connectivity index (χ3n) is 4.18. The molecule has 3 aromatic rings. The fourth-order valence-corrected chi connectivity index (χ4v) is 3.53. The van der Waals surface area contributed by atoms with E-state index in [0.29, 0.717) is 25.7 Å². The molecule has 0 unspecified atom stereocenters. The van der Waals surface area contributed by atoms with Gasteiger partial charge in [-0.15, -0.1) is 0 Å². The van der Waals surface area contributed by atoms with E-state index >= 15 is 0 Å². The fraction of sp³-hybridized carbons (Fsp3) is 0.158. The Hall–Kier alpha value is -3.12. The molecule has 1 atom stereocenters. The smallest absolute Gasteiger partial charge is 0.344 e. The van der Waals surface area contributed by atoms with Crippen molar-refractivity contribution in [3.8, 4) is 5.75 Å². The van der Waals surface area contributed by atoms with Crippen LogP contribution in [-0.4, -0.2) is 38.0 Å². The number of hydrogen-bond donors (Lipinski definition) is 1. The molecule has 0 spiro atoms. The van der Waals surface area contributed by atoms with Crippen LogP contribution in [0.5, 0.6) is 5.75 Å². The van der Waals surface area contributed by atoms with Crippen molar-refractivity contribution in [2.45, 2.75) is 20.0 Å². The van der Waals surface area contributed by atoms with Crippen molar-refractivity contribution in [1.29, 1.82) is 0 Å². The van der Waals surface area contributed by atoms with Crippen molar-refractivity contribution >= 4 is 60.6 Å². The molecule has 0 bridgehead atoms. The average Bonchev–Trinajstić information content (AvgIpc) is 2.69. The summed E-state index contributed by atoms with van der Waals surface area (Å²) in [6.45, 7) is 2.84. The van der Waals surface area contributed by atoms with Crippen LogP contribution in [0.25, 0.3) is 10.9 Å². The molecule has 0 saturated carbocycles. The van der Waals surface area contributed by atoms with Crippen LogP contribution in [0, 0.1) is 17.0 Å². The lowest BCUT2D eigenvalue weighted by molar-refractivity contribution is -0.386. The molecule has 2 aromatic carbocycles. The molecule has 1 heterocycles. The number of benzene rings is 2. The van der Waals surface area contributed by atoms with Crippen LogP contribution in [0.4, 0.5) is 5.69 Å². The van der Waals surface area contributed by atoms with Gasteiger partial charge in [0, 0.05) is 20.6 Å². The molecule has 10 nitrogen and oxygen atoms in total. The maximum absolute atomic E-state index is 12.9. The van der Waals surface area contributed by atoms with Crippen molar-refractivity contribution in [1.82, 2.24) is 9.66 Å². The second kappa shape index (κ2) is 8.94. The third-order valence-corrected chi connectivity index (χ3v) is 5.14. The van der Waals surface area contributed by atoms with Gasteiger partial charge in [0.15, 0.2) is 6.10 Å². The van der Waals surface area contributed by atoms with E-state index < -0.39 is 28.2 Å². The minimum atomic E-state index is -1.35. The highest BCUT2D eigenvalue weighted by molar-refractivity contribution is 9.10. The van der Waals surface area contributed by atoms with Crippen LogP contribution < -0.4 is 10.3 Å². The average molecular weight is 554 g/mol. The third kappa shape index (κ3) is 4.80. The van der Waals surface area contributed by atoms with E-state index in [2.05, 4.69) is 41.9 Å². The number of carboxylic acid groups (broad SMARTS) is 1. The van der Waals surface area contributed by atoms with E-state index in [1.54, 1.807) is 25.1 Å². The van der Waals surface area contributed by atoms with Gasteiger partial charge in [0.1, 0.15) is 5.82 Å². The molecular formula is C19H14Br2N4O6. The van der Waals surface area contributed by atoms with Crippen LogP contribution in [-0.2, 0) is 4.79 Å². The molecule has 1 N–H and O–H groups in total. The van der Waals surface area contributed by atoms with Gasteiger partial charge in [0.2, 0.25) is 5.75 Å². The van der Waals surface area contributed by atoms with Gasteiger partial charge in [-0.2, -0.15) is 9.78 Å². The number of nitro groups is 1. The Morgan fingerprint density at radius 3 is 2.68 bits per heavy atom. The predicted octanol–water partition coefficient (Wildman–Crippen LogP) is 3.87. The summed E-state index contributed by atoms with van der Waals surface area (Å²) in [7, 11) is 0. The summed E-state index contributed by atoms with van der Waals surface area (Å²) in [6, 6.07) is 7.72. The number of hydrogen-bond acceptors (Lipinski definition) is 7. The quantitative estimate of drug-likeness (QED) is 0.278. The summed E-state index contributed by atoms with van der Waals surface area (Å²) in [6.07, 6.45) is -0.169. The molecule has 0 amide bonds. The summed E-state index contributed by atoms with van der Waals surface area (Å²) < 4.78 is 7.42. The van der Waals surface area contributed by atoms with E-state index in [9.17, 15) is 19.7 Å². The number of aliphatic carboxylic acids is 1. The first-order chi connectivity index (χ1) is 14.6. The number of carboxylic acids is 1. The minimum Gasteiger partial charge on any atom is -0.479 e. The second-order valence-corrected chi connectivity index (χ2v) is 8.21. The number of halogens is 2. The molecule has 0 radical (unpaired) electrons. The number of rotatable bonds is 6. The SMILES string of the molecule is Cc1nc2ccc(Br)cc2c(=O)n1N=Cc1cc(Br)cc([N+](=O)[O-])c1O[C@H](C)C(=O)O. The summed E-state index contributed by atoms with van der Waals surface area (Å²) >= 11 is 6.49. The van der Waals surface area contributed by atoms with Crippen LogP contribution in [0.3, 0.4) is 0 Å². The maximum atomic E-state index is 12.9. The lowest BCUT2D eigenvalue weighted by Gasteiger charge is -2.13. The maximum Gasteiger partial charge on any atom is 0.344 e. The largest absolute Gasteiger partial charge is 0.479 e. The topological polar surface area (TPSA) is 137 Å². The Morgan fingerprint density at radius 2 is 2.03 bits per heavy atom. The van der Waals surface area contributed by atoms with Gasteiger partial charge in [-0.3, -0.25) is 14.9 Å². The zero-order chi connectivity index (χ0) is 22.9. The van der Waals surface area contributed by atoms with Crippen molar-refractivity contribution < 1.29 is 19.6 Å². The lowest BCUT2D eigenvalue weighted by atomic mass is 10.2. The standard InChI is InChI=1S/C19H14Br2N4O6/c1-9(19(27)28)31-17-11(5-13(21)7-16(17)25(29)30)8-22-24-10(2)23-15-4-3-12(20)6-14(15)18(24)26/h3-9H,1-2H3,(H,27,28)/t9-/m1/s1. The molecule has 31 heavy (non-hydrogen) atoms. The van der Waals surface area contributed by atoms with Crippen LogP contribution in [0.1, 0.15) is 18.3 Å². The van der Waals surface area contributed by atoms with Crippen molar-refractivity contribution in [2.24, 2.45) is 5.10 Å². The van der Waals surface area contributed by atoms with Crippen molar-refractivity contribution in [3.05, 3.63) is 71.1 Å². The Bertz CT molecular complexity index is 1300. The number of carbonyl (C=O) groups is 1. The van der Waals surface area contributed by atoms with Gasteiger partial charge in [0.25, 0.3) is 5.56 Å². The highest BCUT2D eigenvalue weighted by Gasteiger charge is 2.24. The molecule has 12 heteroatoms. The Labute approximate surface area is 191 Å². The van der Waals surface area contributed by atoms with Gasteiger partial charge in [0.05, 0.1) is 22.0 Å². The number of aryl methyl sites for hydroxylation is 1. The molecule has 160 valence electrons. The molecule has 0 aliphatic heterocycles. The first-order valence-corrected chi connectivity index (χ1v) is 10.3. The number of nitrogens with zero attached hydrogens (tertiary/aromatic N) is 4. The van der Waals surface area contributed by atoms with Gasteiger partial charge in [-0.05, 0) is 38.1 Å². The van der Waals surface area contributed by atoms with E-state index in [1.165, 1.54) is 25.3 Å². The number of nitro benzene ring substituents is 1. The fourth-order valence-electron chi connectivity index (χ4n) is 2.70. The number of ether oxygens (including phenoxy) is 1. The molecule has 0 aliphatic rings. The summed E-state index contributed by atoms with van der Waals surface area (Å²) in [5.41, 5.74) is -0.288. The van der Waals surface area contributed by atoms with Gasteiger partial charge >= 0.3 is 11.7 Å². The molecule has 0 aliphatic carbocycles. The van der Waals surface area contributed by atoms with Crippen LogP contribution in [0.15, 0.2) is 49.2 Å². The van der Waals surface area contributed by atoms with Gasteiger partial charge in [-0.1, -0.05) is 31.9 Å². The van der Waals surface area contributed by atoms with Gasteiger partial charge in [-0.25, -0.2) is 9.78 Å². The Kier molecular flexibility index (Phi) is 6.51. The Morgan fingerprint density at radius 1 is 1.32 bits per heavy atom. The van der Waals surface area contributed by atoms with E-state index in [-0.39, 0.29) is 11.3 Å². The number of aromatic nitrogens is 2. The molecule has 0 fully saturated rings. The van der Waals surface area contributed by atoms with E-state index in [1.807, 2.05) is 0 Å². The highest BCUT2D eigenvalue weighted by atomic mass is 79.9. The first kappa shape index (κ1) is 22.6. The lowest BCUT2D eigenvalue weighted by Crippen LogP contribution is -2.24. The van der Waals surface area contributed by atoms with Crippen LogP contribution >= 0.6 is 31.9 Å². The molecule has 0 saturated heterocycles. The zero-order valence-electron chi connectivity index (χ0n) is 16.1. The minimum absolute atomic E-state index is 0.106. The molecular weight excluding hydrogens is 540 g/mol. The first-order valence-electron chi connectivity index (χ1n) is 8.69. The summed E-state index contributed by atoms with van der Waals surface area (Å²) in [4.78, 5) is 39.2. The molecule has 1 aromatic heterocycles. The van der Waals surface area contributed by atoms with E-state index in [0.717, 1.165) is 4.68 Å².